The van der Waals surface area contributed by atoms with Gasteiger partial charge in [-0.15, -0.1) is 11.3 Å². The summed E-state index contributed by atoms with van der Waals surface area (Å²) in [4.78, 5) is 6.05. The van der Waals surface area contributed by atoms with Gasteiger partial charge in [-0.1, -0.05) is 13.3 Å². The lowest BCUT2D eigenvalue weighted by Crippen LogP contribution is -2.10. The van der Waals surface area contributed by atoms with Crippen molar-refractivity contribution in [1.82, 2.24) is 10.3 Å². The van der Waals surface area contributed by atoms with Gasteiger partial charge in [0.25, 0.3) is 0 Å². The van der Waals surface area contributed by atoms with Crippen molar-refractivity contribution in [2.45, 2.75) is 45.1 Å². The lowest BCUT2D eigenvalue weighted by Gasteiger charge is -2.18. The molecule has 0 spiro atoms. The third kappa shape index (κ3) is 1.91. The van der Waals surface area contributed by atoms with Crippen LogP contribution in [0.1, 0.15) is 48.4 Å². The summed E-state index contributed by atoms with van der Waals surface area (Å²) >= 11 is 1.94. The van der Waals surface area contributed by atoms with Crippen molar-refractivity contribution in [3.63, 3.8) is 0 Å². The fraction of sp³-hybridized carbons (Fsp3) is 0.769. The van der Waals surface area contributed by atoms with Crippen LogP contribution in [0, 0.1) is 11.8 Å². The number of rotatable bonds is 4. The first-order valence-corrected chi connectivity index (χ1v) is 7.33. The topological polar surface area (TPSA) is 24.9 Å². The van der Waals surface area contributed by atoms with Gasteiger partial charge >= 0.3 is 0 Å². The number of nitrogens with zero attached hydrogens (tertiary/aromatic N) is 1. The quantitative estimate of drug-likeness (QED) is 0.868. The molecule has 3 heteroatoms. The Balaban J connectivity index is 1.68. The first-order chi connectivity index (χ1) is 7.86. The highest BCUT2D eigenvalue weighted by Crippen LogP contribution is 2.53. The van der Waals surface area contributed by atoms with E-state index in [1.165, 1.54) is 35.6 Å². The third-order valence-corrected chi connectivity index (χ3v) is 5.31. The molecule has 2 aliphatic carbocycles. The van der Waals surface area contributed by atoms with Crippen LogP contribution in [0.3, 0.4) is 0 Å². The highest BCUT2D eigenvalue weighted by Gasteiger charge is 2.41. The van der Waals surface area contributed by atoms with Crippen molar-refractivity contribution in [2.75, 3.05) is 6.54 Å². The van der Waals surface area contributed by atoms with Gasteiger partial charge in [0, 0.05) is 23.5 Å². The Hall–Kier alpha value is -0.410. The SMILES string of the molecule is CCNCc1cnc(C2CC3CCC2C3)s1. The number of aromatic nitrogens is 1. The first kappa shape index (κ1) is 10.7. The zero-order valence-corrected chi connectivity index (χ0v) is 10.7. The molecule has 1 aromatic heterocycles. The van der Waals surface area contributed by atoms with Crippen molar-refractivity contribution in [1.29, 1.82) is 0 Å². The minimum absolute atomic E-state index is 0.805. The van der Waals surface area contributed by atoms with E-state index in [4.69, 9.17) is 0 Å². The molecule has 0 aliphatic heterocycles. The summed E-state index contributed by atoms with van der Waals surface area (Å²) in [7, 11) is 0. The molecule has 1 aromatic rings. The first-order valence-electron chi connectivity index (χ1n) is 6.52. The maximum absolute atomic E-state index is 4.65. The predicted octanol–water partition coefficient (Wildman–Crippen LogP) is 3.16. The number of fused-ring (bicyclic) bond motifs is 2. The van der Waals surface area contributed by atoms with Gasteiger partial charge in [-0.2, -0.15) is 0 Å². The van der Waals surface area contributed by atoms with Crippen molar-refractivity contribution < 1.29 is 0 Å². The Bertz CT molecular complexity index is 361. The van der Waals surface area contributed by atoms with E-state index in [9.17, 15) is 0 Å². The molecule has 3 atom stereocenters. The van der Waals surface area contributed by atoms with E-state index in [-0.39, 0.29) is 0 Å². The van der Waals surface area contributed by atoms with Crippen molar-refractivity contribution in [2.24, 2.45) is 11.8 Å². The second kappa shape index (κ2) is 4.46. The van der Waals surface area contributed by atoms with E-state index in [2.05, 4.69) is 23.4 Å². The largest absolute Gasteiger partial charge is 0.312 e. The van der Waals surface area contributed by atoms with Crippen LogP contribution in [-0.2, 0) is 6.54 Å². The summed E-state index contributed by atoms with van der Waals surface area (Å²) in [6, 6.07) is 0. The van der Waals surface area contributed by atoms with Crippen molar-refractivity contribution in [3.05, 3.63) is 16.1 Å². The predicted molar refractivity (Wildman–Crippen MR) is 67.7 cm³/mol. The number of nitrogens with one attached hydrogen (secondary N) is 1. The van der Waals surface area contributed by atoms with Gasteiger partial charge < -0.3 is 5.32 Å². The molecule has 16 heavy (non-hydrogen) atoms. The van der Waals surface area contributed by atoms with Crippen LogP contribution in [0.5, 0.6) is 0 Å². The molecule has 0 amide bonds. The summed E-state index contributed by atoms with van der Waals surface area (Å²) in [5.41, 5.74) is 0. The summed E-state index contributed by atoms with van der Waals surface area (Å²) < 4.78 is 0. The van der Waals surface area contributed by atoms with Crippen LogP contribution in [-0.4, -0.2) is 11.5 Å². The lowest BCUT2D eigenvalue weighted by molar-refractivity contribution is 0.419. The Morgan fingerprint density at radius 1 is 1.44 bits per heavy atom. The molecular weight excluding hydrogens is 216 g/mol. The second-order valence-corrected chi connectivity index (χ2v) is 6.37. The van der Waals surface area contributed by atoms with Crippen LogP contribution >= 0.6 is 11.3 Å². The minimum Gasteiger partial charge on any atom is -0.312 e. The average Bonchev–Trinajstić information content (AvgIpc) is 3.01. The van der Waals surface area contributed by atoms with E-state index in [0.29, 0.717) is 0 Å². The molecule has 1 heterocycles. The molecule has 3 unspecified atom stereocenters. The molecule has 2 nitrogen and oxygen atoms in total. The highest BCUT2D eigenvalue weighted by molar-refractivity contribution is 7.11. The van der Waals surface area contributed by atoms with Crippen LogP contribution in [0.15, 0.2) is 6.20 Å². The Morgan fingerprint density at radius 2 is 2.38 bits per heavy atom. The van der Waals surface area contributed by atoms with Gasteiger partial charge in [0.15, 0.2) is 0 Å². The highest BCUT2D eigenvalue weighted by atomic mass is 32.1. The zero-order valence-electron chi connectivity index (χ0n) is 9.91. The van der Waals surface area contributed by atoms with Gasteiger partial charge in [0.05, 0.1) is 5.01 Å². The van der Waals surface area contributed by atoms with Crippen LogP contribution in [0.4, 0.5) is 0 Å². The third-order valence-electron chi connectivity index (χ3n) is 4.18. The fourth-order valence-corrected chi connectivity index (χ4v) is 4.46. The van der Waals surface area contributed by atoms with Crippen LogP contribution < -0.4 is 5.32 Å². The number of thiazole rings is 1. The number of hydrogen-bond donors (Lipinski definition) is 1. The molecular formula is C13H20N2S. The monoisotopic (exact) mass is 236 g/mol. The molecule has 0 radical (unpaired) electrons. The maximum Gasteiger partial charge on any atom is 0.0961 e. The molecule has 3 rings (SSSR count). The Morgan fingerprint density at radius 3 is 3.06 bits per heavy atom. The molecule has 1 N–H and O–H groups in total. The molecule has 2 saturated carbocycles. The molecule has 0 aromatic carbocycles. The van der Waals surface area contributed by atoms with Crippen molar-refractivity contribution in [3.8, 4) is 0 Å². The van der Waals surface area contributed by atoms with Crippen LogP contribution in [0.2, 0.25) is 0 Å². The van der Waals surface area contributed by atoms with Crippen molar-refractivity contribution >= 4 is 11.3 Å². The maximum atomic E-state index is 4.65. The lowest BCUT2D eigenvalue weighted by atomic mass is 9.89. The van der Waals surface area contributed by atoms with E-state index in [1.807, 2.05) is 11.3 Å². The standard InChI is InChI=1S/C13H20N2S/c1-2-14-7-11-8-15-13(16-11)12-6-9-3-4-10(12)5-9/h8-10,12,14H,2-7H2,1H3. The van der Waals surface area contributed by atoms with E-state index >= 15 is 0 Å². The van der Waals surface area contributed by atoms with E-state index in [0.717, 1.165) is 30.8 Å². The molecule has 2 aliphatic rings. The van der Waals surface area contributed by atoms with E-state index in [1.54, 1.807) is 0 Å². The Labute approximate surface area is 101 Å². The minimum atomic E-state index is 0.805. The normalized spacial score (nSPS) is 32.4. The molecule has 0 saturated heterocycles. The van der Waals surface area contributed by atoms with Gasteiger partial charge in [-0.05, 0) is 37.6 Å². The molecule has 88 valence electrons. The number of hydrogen-bond acceptors (Lipinski definition) is 3. The van der Waals surface area contributed by atoms with Gasteiger partial charge in [-0.25, -0.2) is 4.98 Å². The van der Waals surface area contributed by atoms with Crippen LogP contribution in [0.25, 0.3) is 0 Å². The van der Waals surface area contributed by atoms with Gasteiger partial charge in [0.2, 0.25) is 0 Å². The fourth-order valence-electron chi connectivity index (χ4n) is 3.37. The van der Waals surface area contributed by atoms with E-state index < -0.39 is 0 Å². The Kier molecular flexibility index (Phi) is 2.99. The summed E-state index contributed by atoms with van der Waals surface area (Å²) in [5, 5.41) is 4.79. The average molecular weight is 236 g/mol. The molecule has 2 fully saturated rings. The summed E-state index contributed by atoms with van der Waals surface area (Å²) in [6.07, 6.45) is 7.91. The second-order valence-electron chi connectivity index (χ2n) is 5.23. The zero-order chi connectivity index (χ0) is 11.0. The smallest absolute Gasteiger partial charge is 0.0961 e. The van der Waals surface area contributed by atoms with Gasteiger partial charge in [0.1, 0.15) is 0 Å². The molecule has 2 bridgehead atoms. The van der Waals surface area contributed by atoms with Gasteiger partial charge in [-0.3, -0.25) is 0 Å². The summed E-state index contributed by atoms with van der Waals surface area (Å²) in [6.45, 7) is 4.19. The summed E-state index contributed by atoms with van der Waals surface area (Å²) in [5.74, 6) is 2.79.